The number of carbonyl (C=O) groups excluding carboxylic acids is 2. The lowest BCUT2D eigenvalue weighted by Gasteiger charge is -2.32. The molecule has 0 aliphatic rings. The van der Waals surface area contributed by atoms with Crippen LogP contribution >= 0.6 is 0 Å². The van der Waals surface area contributed by atoms with E-state index in [1.165, 1.54) is 17.0 Å². The Hall–Kier alpha value is -3.67. The molecule has 1 N–H and O–H groups in total. The topological polar surface area (TPSA) is 58.6 Å². The summed E-state index contributed by atoms with van der Waals surface area (Å²) >= 11 is 0. The van der Waals surface area contributed by atoms with Gasteiger partial charge in [0.25, 0.3) is 5.91 Å². The summed E-state index contributed by atoms with van der Waals surface area (Å²) in [6, 6.07) is 22.6. The van der Waals surface area contributed by atoms with Gasteiger partial charge in [-0.25, -0.2) is 4.39 Å². The maximum atomic E-state index is 14.1. The first kappa shape index (κ1) is 25.9. The van der Waals surface area contributed by atoms with Gasteiger partial charge in [-0.2, -0.15) is 0 Å². The predicted molar refractivity (Wildman–Crippen MR) is 135 cm³/mol. The Morgan fingerprint density at radius 3 is 2.26 bits per heavy atom. The second kappa shape index (κ2) is 12.7. The average Bonchev–Trinajstić information content (AvgIpc) is 2.87. The van der Waals surface area contributed by atoms with Crippen molar-refractivity contribution < 1.29 is 18.7 Å². The van der Waals surface area contributed by atoms with E-state index in [2.05, 4.69) is 5.32 Å². The van der Waals surface area contributed by atoms with Crippen molar-refractivity contribution in [1.29, 1.82) is 0 Å². The molecule has 2 amide bonds. The van der Waals surface area contributed by atoms with Crippen LogP contribution < -0.4 is 10.1 Å². The average molecular weight is 477 g/mol. The lowest BCUT2D eigenvalue weighted by atomic mass is 10.0. The number of amides is 2. The minimum atomic E-state index is -0.760. The van der Waals surface area contributed by atoms with Crippen molar-refractivity contribution in [3.8, 4) is 5.75 Å². The molecule has 0 heterocycles. The molecule has 5 nitrogen and oxygen atoms in total. The lowest BCUT2D eigenvalue weighted by molar-refractivity contribution is -0.143. The Bertz CT molecular complexity index is 1100. The van der Waals surface area contributed by atoms with Gasteiger partial charge < -0.3 is 15.0 Å². The predicted octanol–water partition coefficient (Wildman–Crippen LogP) is 5.07. The molecule has 0 saturated carbocycles. The van der Waals surface area contributed by atoms with E-state index in [-0.39, 0.29) is 30.9 Å². The first-order valence-corrected chi connectivity index (χ1v) is 11.9. The number of aryl methyl sites for hydroxylation is 1. The van der Waals surface area contributed by atoms with E-state index in [0.717, 1.165) is 23.1 Å². The number of benzene rings is 3. The second-order valence-corrected chi connectivity index (χ2v) is 8.75. The number of rotatable bonds is 11. The van der Waals surface area contributed by atoms with Crippen LogP contribution in [0.5, 0.6) is 5.75 Å². The zero-order valence-electron chi connectivity index (χ0n) is 20.5. The van der Waals surface area contributed by atoms with Crippen molar-refractivity contribution >= 4 is 11.8 Å². The zero-order chi connectivity index (χ0) is 25.2. The van der Waals surface area contributed by atoms with Crippen LogP contribution in [0.2, 0.25) is 0 Å². The summed E-state index contributed by atoms with van der Waals surface area (Å²) in [5.41, 5.74) is 2.93. The highest BCUT2D eigenvalue weighted by molar-refractivity contribution is 5.88. The van der Waals surface area contributed by atoms with E-state index >= 15 is 0 Å². The molecule has 0 aliphatic carbocycles. The Kier molecular flexibility index (Phi) is 9.41. The third kappa shape index (κ3) is 7.67. The molecule has 0 spiro atoms. The van der Waals surface area contributed by atoms with Gasteiger partial charge in [0.05, 0.1) is 0 Å². The van der Waals surface area contributed by atoms with Crippen molar-refractivity contribution in [3.63, 3.8) is 0 Å². The van der Waals surface area contributed by atoms with Crippen LogP contribution in [-0.2, 0) is 22.6 Å². The molecule has 0 fully saturated rings. The molecule has 2 atom stereocenters. The normalized spacial score (nSPS) is 12.5. The number of nitrogens with one attached hydrogen (secondary N) is 1. The molecule has 0 bridgehead atoms. The van der Waals surface area contributed by atoms with E-state index in [1.807, 2.05) is 75.4 Å². The highest BCUT2D eigenvalue weighted by Gasteiger charge is 2.31. The Morgan fingerprint density at radius 1 is 0.943 bits per heavy atom. The van der Waals surface area contributed by atoms with Crippen molar-refractivity contribution in [2.75, 3.05) is 6.61 Å². The summed E-state index contributed by atoms with van der Waals surface area (Å²) in [5.74, 6) is -1.16. The molecule has 0 unspecified atom stereocenters. The van der Waals surface area contributed by atoms with Crippen LogP contribution in [0.4, 0.5) is 4.39 Å². The molecule has 0 saturated heterocycles. The zero-order valence-corrected chi connectivity index (χ0v) is 20.5. The molecule has 35 heavy (non-hydrogen) atoms. The number of nitrogens with zero attached hydrogens (tertiary/aromatic N) is 1. The summed E-state index contributed by atoms with van der Waals surface area (Å²) in [4.78, 5) is 28.5. The van der Waals surface area contributed by atoms with E-state index in [1.54, 1.807) is 12.1 Å². The standard InChI is InChI=1S/C29H33FN2O3/c1-4-22(3)31-29(34)26(18-23-10-6-5-7-11-23)32(19-24-16-14-21(2)15-17-24)28(33)20-35-27-13-9-8-12-25(27)30/h5-17,22,26H,4,18-20H2,1-3H3,(H,31,34)/t22-,26-/m0/s1. The Balaban J connectivity index is 1.91. The van der Waals surface area contributed by atoms with Gasteiger partial charge in [-0.1, -0.05) is 79.2 Å². The third-order valence-corrected chi connectivity index (χ3v) is 5.93. The number of hydrogen-bond acceptors (Lipinski definition) is 3. The first-order chi connectivity index (χ1) is 16.9. The molecule has 0 radical (unpaired) electrons. The summed E-state index contributed by atoms with van der Waals surface area (Å²) in [6.07, 6.45) is 1.12. The molecule has 3 aromatic carbocycles. The van der Waals surface area contributed by atoms with Crippen LogP contribution in [-0.4, -0.2) is 35.4 Å². The molecule has 3 rings (SSSR count). The highest BCUT2D eigenvalue weighted by atomic mass is 19.1. The highest BCUT2D eigenvalue weighted by Crippen LogP contribution is 2.18. The summed E-state index contributed by atoms with van der Waals surface area (Å²) in [6.45, 7) is 5.77. The fraction of sp³-hybridized carbons (Fsp3) is 0.310. The van der Waals surface area contributed by atoms with Crippen molar-refractivity contribution in [2.24, 2.45) is 0 Å². The van der Waals surface area contributed by atoms with E-state index in [0.29, 0.717) is 6.42 Å². The van der Waals surface area contributed by atoms with Gasteiger partial charge >= 0.3 is 0 Å². The van der Waals surface area contributed by atoms with Crippen molar-refractivity contribution in [3.05, 3.63) is 101 Å². The monoisotopic (exact) mass is 476 g/mol. The molecule has 3 aromatic rings. The van der Waals surface area contributed by atoms with Crippen molar-refractivity contribution in [1.82, 2.24) is 10.2 Å². The van der Waals surface area contributed by atoms with Gasteiger partial charge in [0, 0.05) is 19.0 Å². The minimum Gasteiger partial charge on any atom is -0.481 e. The van der Waals surface area contributed by atoms with E-state index in [4.69, 9.17) is 4.74 Å². The fourth-order valence-corrected chi connectivity index (χ4v) is 3.67. The lowest BCUT2D eigenvalue weighted by Crippen LogP contribution is -2.53. The summed E-state index contributed by atoms with van der Waals surface area (Å²) in [7, 11) is 0. The van der Waals surface area contributed by atoms with Crippen LogP contribution in [0.1, 0.15) is 37.0 Å². The number of carbonyl (C=O) groups is 2. The fourth-order valence-electron chi connectivity index (χ4n) is 3.67. The first-order valence-electron chi connectivity index (χ1n) is 11.9. The van der Waals surface area contributed by atoms with Gasteiger partial charge in [0.1, 0.15) is 6.04 Å². The van der Waals surface area contributed by atoms with Gasteiger partial charge in [-0.3, -0.25) is 9.59 Å². The molecule has 0 aliphatic heterocycles. The molecule has 6 heteroatoms. The molecular weight excluding hydrogens is 443 g/mol. The SMILES string of the molecule is CC[C@H](C)NC(=O)[C@H](Cc1ccccc1)N(Cc1ccc(C)cc1)C(=O)COc1ccccc1F. The quantitative estimate of drug-likeness (QED) is 0.421. The van der Waals surface area contributed by atoms with Gasteiger partial charge in [0.2, 0.25) is 5.91 Å². The molecular formula is C29H33FN2O3. The van der Waals surface area contributed by atoms with Crippen LogP contribution in [0, 0.1) is 12.7 Å². The Morgan fingerprint density at radius 2 is 1.60 bits per heavy atom. The maximum Gasteiger partial charge on any atom is 0.261 e. The largest absolute Gasteiger partial charge is 0.481 e. The Labute approximate surface area is 206 Å². The number of hydrogen-bond donors (Lipinski definition) is 1. The van der Waals surface area contributed by atoms with Gasteiger partial charge in [-0.15, -0.1) is 0 Å². The molecule has 184 valence electrons. The number of halogens is 1. The van der Waals surface area contributed by atoms with Crippen LogP contribution in [0.25, 0.3) is 0 Å². The van der Waals surface area contributed by atoms with E-state index < -0.39 is 17.8 Å². The van der Waals surface area contributed by atoms with Crippen molar-refractivity contribution in [2.45, 2.75) is 52.2 Å². The smallest absolute Gasteiger partial charge is 0.261 e. The number of para-hydroxylation sites is 1. The summed E-state index contributed by atoms with van der Waals surface area (Å²) in [5, 5.41) is 3.03. The van der Waals surface area contributed by atoms with Crippen LogP contribution in [0.15, 0.2) is 78.9 Å². The second-order valence-electron chi connectivity index (χ2n) is 8.75. The molecule has 0 aromatic heterocycles. The van der Waals surface area contributed by atoms with Gasteiger partial charge in [0.15, 0.2) is 18.2 Å². The minimum absolute atomic E-state index is 0.000183. The van der Waals surface area contributed by atoms with Crippen LogP contribution in [0.3, 0.4) is 0 Å². The van der Waals surface area contributed by atoms with Gasteiger partial charge in [-0.05, 0) is 43.5 Å². The third-order valence-electron chi connectivity index (χ3n) is 5.93. The maximum absolute atomic E-state index is 14.1. The summed E-state index contributed by atoms with van der Waals surface area (Å²) < 4.78 is 19.6. The number of ether oxygens (including phenoxy) is 1. The van der Waals surface area contributed by atoms with E-state index in [9.17, 15) is 14.0 Å².